The summed E-state index contributed by atoms with van der Waals surface area (Å²) < 4.78 is 6.52. The van der Waals surface area contributed by atoms with Crippen LogP contribution in [0.5, 0.6) is 0 Å². The Morgan fingerprint density at radius 1 is 0.412 bits per heavy atom. The quantitative estimate of drug-likeness (QED) is 0.188. The van der Waals surface area contributed by atoms with Crippen molar-refractivity contribution in [2.24, 2.45) is 0 Å². The number of para-hydroxylation sites is 1. The number of nitrogens with zero attached hydrogens (tertiary/aromatic N) is 1. The van der Waals surface area contributed by atoms with Crippen LogP contribution in [0.2, 0.25) is 0 Å². The van der Waals surface area contributed by atoms with Crippen LogP contribution in [-0.2, 0) is 16.2 Å². The minimum Gasteiger partial charge on any atom is -0.456 e. The molecule has 0 unspecified atom stereocenters. The summed E-state index contributed by atoms with van der Waals surface area (Å²) in [6, 6.07) is 51.6. The van der Waals surface area contributed by atoms with Gasteiger partial charge in [0.2, 0.25) is 0 Å². The number of hydrogen-bond acceptors (Lipinski definition) is 2. The Balaban J connectivity index is 1.28. The van der Waals surface area contributed by atoms with Crippen molar-refractivity contribution >= 4 is 49.8 Å². The lowest BCUT2D eigenvalue weighted by molar-refractivity contribution is 0.299. The van der Waals surface area contributed by atoms with Crippen molar-refractivity contribution in [3.8, 4) is 22.3 Å². The Labute approximate surface area is 300 Å². The van der Waals surface area contributed by atoms with Gasteiger partial charge in [0.15, 0.2) is 0 Å². The second kappa shape index (κ2) is 10.2. The molecule has 2 aliphatic carbocycles. The summed E-state index contributed by atoms with van der Waals surface area (Å²) >= 11 is 0. The zero-order valence-corrected chi connectivity index (χ0v) is 30.1. The molecule has 1 aromatic heterocycles. The number of hydrogen-bond donors (Lipinski definition) is 0. The summed E-state index contributed by atoms with van der Waals surface area (Å²) in [5.41, 5.74) is 15.7. The summed E-state index contributed by atoms with van der Waals surface area (Å²) in [6.45, 7) is 14.4. The number of benzene rings is 7. The van der Waals surface area contributed by atoms with Crippen LogP contribution in [0.3, 0.4) is 0 Å². The molecule has 0 atom stereocenters. The van der Waals surface area contributed by atoms with Gasteiger partial charge in [0, 0.05) is 39.0 Å². The van der Waals surface area contributed by atoms with Crippen LogP contribution < -0.4 is 4.90 Å². The molecular weight excluding hydrogens is 619 g/mol. The first kappa shape index (κ1) is 30.2. The van der Waals surface area contributed by atoms with Gasteiger partial charge in [-0.25, -0.2) is 0 Å². The minimum absolute atomic E-state index is 0.0662. The molecule has 1 heterocycles. The molecule has 0 fully saturated rings. The summed E-state index contributed by atoms with van der Waals surface area (Å²) in [6.07, 6.45) is 0. The normalized spacial score (nSPS) is 16.1. The van der Waals surface area contributed by atoms with E-state index in [2.05, 4.69) is 180 Å². The van der Waals surface area contributed by atoms with E-state index in [-0.39, 0.29) is 16.2 Å². The van der Waals surface area contributed by atoms with E-state index < -0.39 is 0 Å². The summed E-state index contributed by atoms with van der Waals surface area (Å²) in [7, 11) is 0. The molecule has 7 aromatic carbocycles. The van der Waals surface area contributed by atoms with Crippen LogP contribution in [0.1, 0.15) is 63.8 Å². The third-order valence-corrected chi connectivity index (χ3v) is 12.8. The van der Waals surface area contributed by atoms with Crippen molar-refractivity contribution < 1.29 is 4.42 Å². The average molecular weight is 660 g/mol. The lowest BCUT2D eigenvalue weighted by Crippen LogP contribution is -2.43. The maximum Gasteiger partial charge on any atom is 0.137 e. The third kappa shape index (κ3) is 3.99. The van der Waals surface area contributed by atoms with E-state index in [1.165, 1.54) is 61.0 Å². The Bertz CT molecular complexity index is 2740. The first-order valence-corrected chi connectivity index (χ1v) is 18.2. The van der Waals surface area contributed by atoms with Crippen molar-refractivity contribution in [1.29, 1.82) is 0 Å². The molecule has 0 amide bonds. The predicted octanol–water partition coefficient (Wildman–Crippen LogP) is 13.8. The van der Waals surface area contributed by atoms with Gasteiger partial charge in [0.25, 0.3) is 0 Å². The van der Waals surface area contributed by atoms with E-state index in [1.54, 1.807) is 0 Å². The fraction of sp³-hybridized carbons (Fsp3) is 0.184. The summed E-state index contributed by atoms with van der Waals surface area (Å²) in [4.78, 5) is 2.48. The van der Waals surface area contributed by atoms with E-state index in [4.69, 9.17) is 4.42 Å². The Morgan fingerprint density at radius 2 is 0.980 bits per heavy atom. The number of fused-ring (bicyclic) bond motifs is 11. The largest absolute Gasteiger partial charge is 0.456 e. The van der Waals surface area contributed by atoms with Gasteiger partial charge >= 0.3 is 0 Å². The number of furan rings is 1. The summed E-state index contributed by atoms with van der Waals surface area (Å²) in [5, 5.41) is 4.79. The molecule has 10 rings (SSSR count). The van der Waals surface area contributed by atoms with Crippen molar-refractivity contribution in [2.45, 2.75) is 57.8 Å². The molecule has 8 aromatic rings. The van der Waals surface area contributed by atoms with Crippen molar-refractivity contribution in [3.05, 3.63) is 162 Å². The second-order valence-electron chi connectivity index (χ2n) is 16.2. The molecular formula is C49H41NO. The zero-order valence-electron chi connectivity index (χ0n) is 30.1. The standard InChI is InChI=1S/C49H41NO/c1-47(2)39-20-12-10-19-38(39)46-37-18-8-7-16-34(37)43(29-42(46)47)50(31-24-26-36-35-17-11-14-22-44(35)51-45(36)28-31)30-23-25-33-32-15-9-13-21-40(32)48(3,4)49(5,6)41(33)27-30/h7-29H,1-6H3. The molecule has 248 valence electrons. The monoisotopic (exact) mass is 659 g/mol. The minimum atomic E-state index is -0.148. The molecule has 0 saturated carbocycles. The van der Waals surface area contributed by atoms with Gasteiger partial charge < -0.3 is 9.32 Å². The van der Waals surface area contributed by atoms with Gasteiger partial charge in [-0.2, -0.15) is 0 Å². The Hall–Kier alpha value is -5.60. The third-order valence-electron chi connectivity index (χ3n) is 12.8. The zero-order chi connectivity index (χ0) is 34.9. The maximum absolute atomic E-state index is 6.52. The first-order valence-electron chi connectivity index (χ1n) is 18.2. The highest BCUT2D eigenvalue weighted by Gasteiger charge is 2.46. The molecule has 0 radical (unpaired) electrons. The van der Waals surface area contributed by atoms with Crippen LogP contribution in [0.25, 0.3) is 55.0 Å². The number of rotatable bonds is 3. The van der Waals surface area contributed by atoms with E-state index in [0.29, 0.717) is 0 Å². The van der Waals surface area contributed by atoms with Crippen LogP contribution in [0.4, 0.5) is 17.1 Å². The SMILES string of the molecule is CC1(C)c2ccccc2-c2c1cc(N(c1ccc3c(c1)C(C)(C)C(C)(C)c1ccccc1-3)c1ccc3c(c1)oc1ccccc13)c1ccccc21. The van der Waals surface area contributed by atoms with Gasteiger partial charge in [0.05, 0.1) is 5.69 Å². The lowest BCUT2D eigenvalue weighted by Gasteiger charge is -2.48. The van der Waals surface area contributed by atoms with Crippen LogP contribution in [0, 0.1) is 0 Å². The van der Waals surface area contributed by atoms with Gasteiger partial charge in [0.1, 0.15) is 11.2 Å². The van der Waals surface area contributed by atoms with Crippen LogP contribution in [0.15, 0.2) is 144 Å². The van der Waals surface area contributed by atoms with Gasteiger partial charge in [-0.15, -0.1) is 0 Å². The highest BCUT2D eigenvalue weighted by Crippen LogP contribution is 2.57. The van der Waals surface area contributed by atoms with Gasteiger partial charge in [-0.05, 0) is 97.1 Å². The topological polar surface area (TPSA) is 16.4 Å². The molecule has 0 saturated heterocycles. The van der Waals surface area contributed by atoms with Crippen LogP contribution >= 0.6 is 0 Å². The smallest absolute Gasteiger partial charge is 0.137 e. The molecule has 2 heteroatoms. The molecule has 0 bridgehead atoms. The molecule has 2 aliphatic rings. The van der Waals surface area contributed by atoms with Crippen LogP contribution in [-0.4, -0.2) is 0 Å². The average Bonchev–Trinajstić information content (AvgIpc) is 3.63. The summed E-state index contributed by atoms with van der Waals surface area (Å²) in [5.74, 6) is 0. The Morgan fingerprint density at radius 3 is 1.78 bits per heavy atom. The van der Waals surface area contributed by atoms with Gasteiger partial charge in [-0.3, -0.25) is 0 Å². The fourth-order valence-electron chi connectivity index (χ4n) is 9.36. The van der Waals surface area contributed by atoms with Crippen molar-refractivity contribution in [2.75, 3.05) is 4.90 Å². The molecule has 0 N–H and O–H groups in total. The van der Waals surface area contributed by atoms with Gasteiger partial charge in [-0.1, -0.05) is 139 Å². The van der Waals surface area contributed by atoms with E-state index >= 15 is 0 Å². The predicted molar refractivity (Wildman–Crippen MR) is 215 cm³/mol. The van der Waals surface area contributed by atoms with E-state index in [1.807, 2.05) is 6.07 Å². The highest BCUT2D eigenvalue weighted by atomic mass is 16.3. The van der Waals surface area contributed by atoms with E-state index in [9.17, 15) is 0 Å². The van der Waals surface area contributed by atoms with Crippen molar-refractivity contribution in [3.63, 3.8) is 0 Å². The van der Waals surface area contributed by atoms with Crippen molar-refractivity contribution in [1.82, 2.24) is 0 Å². The molecule has 51 heavy (non-hydrogen) atoms. The molecule has 2 nitrogen and oxygen atoms in total. The number of anilines is 3. The second-order valence-corrected chi connectivity index (χ2v) is 16.2. The first-order chi connectivity index (χ1) is 24.6. The lowest BCUT2D eigenvalue weighted by atomic mass is 9.55. The maximum atomic E-state index is 6.52. The molecule has 0 spiro atoms. The Kier molecular flexibility index (Phi) is 6.07. The fourth-order valence-corrected chi connectivity index (χ4v) is 9.36. The van der Waals surface area contributed by atoms with E-state index in [0.717, 1.165) is 33.3 Å². The highest BCUT2D eigenvalue weighted by molar-refractivity contribution is 6.11. The molecule has 0 aliphatic heterocycles.